The summed E-state index contributed by atoms with van der Waals surface area (Å²) in [5.74, 6) is 0. The van der Waals surface area contributed by atoms with Crippen molar-refractivity contribution in [3.63, 3.8) is 0 Å². The van der Waals surface area contributed by atoms with Gasteiger partial charge in [0.2, 0.25) is 0 Å². The fourth-order valence-corrected chi connectivity index (χ4v) is 3.55. The van der Waals surface area contributed by atoms with Crippen molar-refractivity contribution in [3.8, 4) is 0 Å². The van der Waals surface area contributed by atoms with Crippen molar-refractivity contribution in [2.75, 3.05) is 18.0 Å². The number of aryl methyl sites for hydroxylation is 2. The van der Waals surface area contributed by atoms with Gasteiger partial charge >= 0.3 is 0 Å². The molecule has 2 aromatic carbocycles. The highest BCUT2D eigenvalue weighted by molar-refractivity contribution is 6.21. The van der Waals surface area contributed by atoms with E-state index in [2.05, 4.69) is 69.9 Å². The molecule has 0 bridgehead atoms. The van der Waals surface area contributed by atoms with E-state index in [1.165, 1.54) is 33.5 Å². The van der Waals surface area contributed by atoms with Crippen LogP contribution in [0.4, 0.5) is 5.69 Å². The maximum absolute atomic E-state index is 6.84. The summed E-state index contributed by atoms with van der Waals surface area (Å²) in [7, 11) is 0. The molecular weight excluding hydrogens is 290 g/mol. The van der Waals surface area contributed by atoms with E-state index in [4.69, 9.17) is 11.6 Å². The average Bonchev–Trinajstić information content (AvgIpc) is 2.52. The molecule has 0 fully saturated rings. The van der Waals surface area contributed by atoms with Gasteiger partial charge in [-0.1, -0.05) is 24.3 Å². The molecule has 1 nitrogen and oxygen atoms in total. The van der Waals surface area contributed by atoms with Crippen LogP contribution in [-0.4, -0.2) is 13.1 Å². The molecule has 2 aromatic rings. The van der Waals surface area contributed by atoms with Crippen LogP contribution in [0.2, 0.25) is 0 Å². The minimum atomic E-state index is -0.00115. The zero-order valence-corrected chi connectivity index (χ0v) is 15.0. The standard InChI is InChI=1S/C20H26ClN/c1-6-22(18-10-8-7-9-11-18)13-19(21)20-16(4)14(2)12-15(3)17(20)5/h7-12,19H,6,13H2,1-5H3. The van der Waals surface area contributed by atoms with E-state index in [9.17, 15) is 0 Å². The molecule has 0 radical (unpaired) electrons. The topological polar surface area (TPSA) is 3.24 Å². The zero-order chi connectivity index (χ0) is 16.3. The van der Waals surface area contributed by atoms with E-state index in [1.54, 1.807) is 0 Å². The van der Waals surface area contributed by atoms with Gasteiger partial charge in [-0.05, 0) is 74.6 Å². The second-order valence-electron chi connectivity index (χ2n) is 6.02. The molecule has 0 saturated carbocycles. The smallest absolute Gasteiger partial charge is 0.0765 e. The fraction of sp³-hybridized carbons (Fsp3) is 0.400. The van der Waals surface area contributed by atoms with Gasteiger partial charge in [0.25, 0.3) is 0 Å². The van der Waals surface area contributed by atoms with E-state index in [1.807, 2.05) is 6.07 Å². The highest BCUT2D eigenvalue weighted by Gasteiger charge is 2.19. The molecule has 0 amide bonds. The van der Waals surface area contributed by atoms with E-state index < -0.39 is 0 Å². The van der Waals surface area contributed by atoms with E-state index >= 15 is 0 Å². The Bertz CT molecular complexity index is 608. The summed E-state index contributed by atoms with van der Waals surface area (Å²) in [5.41, 5.74) is 7.83. The third kappa shape index (κ3) is 3.47. The largest absolute Gasteiger partial charge is 0.370 e. The van der Waals surface area contributed by atoms with Crippen molar-refractivity contribution in [3.05, 3.63) is 64.2 Å². The lowest BCUT2D eigenvalue weighted by Gasteiger charge is -2.28. The van der Waals surface area contributed by atoms with Crippen LogP contribution in [0.3, 0.4) is 0 Å². The Morgan fingerprint density at radius 3 is 2.00 bits per heavy atom. The third-order valence-corrected chi connectivity index (χ3v) is 4.98. The quantitative estimate of drug-likeness (QED) is 0.637. The molecule has 0 N–H and O–H groups in total. The molecular formula is C20H26ClN. The van der Waals surface area contributed by atoms with Crippen LogP contribution in [0, 0.1) is 27.7 Å². The van der Waals surface area contributed by atoms with Gasteiger partial charge in [0.1, 0.15) is 0 Å². The molecule has 0 saturated heterocycles. The monoisotopic (exact) mass is 315 g/mol. The van der Waals surface area contributed by atoms with Gasteiger partial charge in [-0.15, -0.1) is 11.6 Å². The highest BCUT2D eigenvalue weighted by atomic mass is 35.5. The van der Waals surface area contributed by atoms with Gasteiger partial charge in [-0.2, -0.15) is 0 Å². The van der Waals surface area contributed by atoms with Gasteiger partial charge in [-0.3, -0.25) is 0 Å². The zero-order valence-electron chi connectivity index (χ0n) is 14.3. The second-order valence-corrected chi connectivity index (χ2v) is 6.54. The second kappa shape index (κ2) is 7.19. The molecule has 1 atom stereocenters. The molecule has 0 aliphatic carbocycles. The first-order chi connectivity index (χ1) is 10.5. The lowest BCUT2D eigenvalue weighted by Crippen LogP contribution is -2.27. The van der Waals surface area contributed by atoms with Crippen LogP contribution >= 0.6 is 11.6 Å². The maximum Gasteiger partial charge on any atom is 0.0765 e. The molecule has 2 heteroatoms. The number of anilines is 1. The number of benzene rings is 2. The van der Waals surface area contributed by atoms with Gasteiger partial charge in [0.15, 0.2) is 0 Å². The number of nitrogens with zero attached hydrogens (tertiary/aromatic N) is 1. The number of alkyl halides is 1. The van der Waals surface area contributed by atoms with Crippen molar-refractivity contribution in [1.29, 1.82) is 0 Å². The fourth-order valence-electron chi connectivity index (χ4n) is 3.06. The van der Waals surface area contributed by atoms with Gasteiger partial charge in [0.05, 0.1) is 5.38 Å². The molecule has 22 heavy (non-hydrogen) atoms. The van der Waals surface area contributed by atoms with Gasteiger partial charge in [0, 0.05) is 18.8 Å². The molecule has 0 aliphatic rings. The summed E-state index contributed by atoms with van der Waals surface area (Å²) < 4.78 is 0. The highest BCUT2D eigenvalue weighted by Crippen LogP contribution is 2.32. The minimum Gasteiger partial charge on any atom is -0.370 e. The van der Waals surface area contributed by atoms with E-state index in [-0.39, 0.29) is 5.38 Å². The van der Waals surface area contributed by atoms with Crippen LogP contribution in [-0.2, 0) is 0 Å². The molecule has 0 heterocycles. The number of halogens is 1. The minimum absolute atomic E-state index is 0.00115. The SMILES string of the molecule is CCN(CC(Cl)c1c(C)c(C)cc(C)c1C)c1ccccc1. The Hall–Kier alpha value is -1.47. The summed E-state index contributed by atoms with van der Waals surface area (Å²) in [6.07, 6.45) is 0. The number of hydrogen-bond donors (Lipinski definition) is 0. The number of hydrogen-bond acceptors (Lipinski definition) is 1. The Kier molecular flexibility index (Phi) is 5.52. The van der Waals surface area contributed by atoms with Crippen molar-refractivity contribution >= 4 is 17.3 Å². The van der Waals surface area contributed by atoms with Crippen LogP contribution < -0.4 is 4.90 Å². The summed E-state index contributed by atoms with van der Waals surface area (Å²) in [4.78, 5) is 2.34. The molecule has 1 unspecified atom stereocenters. The Balaban J connectivity index is 2.31. The number of para-hydroxylation sites is 1. The summed E-state index contributed by atoms with van der Waals surface area (Å²) in [6.45, 7) is 12.7. The lowest BCUT2D eigenvalue weighted by molar-refractivity contribution is 0.782. The van der Waals surface area contributed by atoms with E-state index in [0.717, 1.165) is 13.1 Å². The molecule has 0 aliphatic heterocycles. The van der Waals surface area contributed by atoms with Crippen molar-refractivity contribution < 1.29 is 0 Å². The maximum atomic E-state index is 6.84. The first kappa shape index (κ1) is 16.9. The first-order valence-electron chi connectivity index (χ1n) is 7.97. The van der Waals surface area contributed by atoms with Crippen LogP contribution in [0.25, 0.3) is 0 Å². The van der Waals surface area contributed by atoms with Crippen LogP contribution in [0.5, 0.6) is 0 Å². The van der Waals surface area contributed by atoms with Crippen molar-refractivity contribution in [1.82, 2.24) is 0 Å². The van der Waals surface area contributed by atoms with Crippen molar-refractivity contribution in [2.45, 2.75) is 40.0 Å². The summed E-state index contributed by atoms with van der Waals surface area (Å²) in [6, 6.07) is 12.8. The summed E-state index contributed by atoms with van der Waals surface area (Å²) >= 11 is 6.84. The normalized spacial score (nSPS) is 12.3. The average molecular weight is 316 g/mol. The van der Waals surface area contributed by atoms with Crippen LogP contribution in [0.15, 0.2) is 36.4 Å². The molecule has 0 aromatic heterocycles. The van der Waals surface area contributed by atoms with Gasteiger partial charge < -0.3 is 4.90 Å². The Morgan fingerprint density at radius 1 is 0.955 bits per heavy atom. The molecule has 0 spiro atoms. The Labute approximate surface area is 139 Å². The third-order valence-electron chi connectivity index (χ3n) is 4.62. The predicted octanol–water partition coefficient (Wildman–Crippen LogP) is 5.73. The van der Waals surface area contributed by atoms with E-state index in [0.29, 0.717) is 0 Å². The first-order valence-corrected chi connectivity index (χ1v) is 8.40. The lowest BCUT2D eigenvalue weighted by atomic mass is 9.92. The van der Waals surface area contributed by atoms with Gasteiger partial charge in [-0.25, -0.2) is 0 Å². The molecule has 118 valence electrons. The summed E-state index contributed by atoms with van der Waals surface area (Å²) in [5, 5.41) is -0.00115. The number of likely N-dealkylation sites (N-methyl/N-ethyl adjacent to an activating group) is 1. The van der Waals surface area contributed by atoms with Crippen LogP contribution in [0.1, 0.15) is 40.1 Å². The Morgan fingerprint density at radius 2 is 1.50 bits per heavy atom. The van der Waals surface area contributed by atoms with Crippen molar-refractivity contribution in [2.24, 2.45) is 0 Å². The molecule has 2 rings (SSSR count). The number of rotatable bonds is 5. The predicted molar refractivity (Wildman–Crippen MR) is 98.3 cm³/mol.